The molecule has 0 radical (unpaired) electrons. The standard InChI is InChI=1S/C13H17BrN2O3/c1-15(2)16(8-7-12(17)19-3)13(18)10-5-4-6-11(14)9-10/h4-6,9H,7-8H2,1-3H3. The van der Waals surface area contributed by atoms with Crippen molar-refractivity contribution in [2.45, 2.75) is 6.42 Å². The Balaban J connectivity index is 2.81. The van der Waals surface area contributed by atoms with E-state index in [0.717, 1.165) is 4.47 Å². The van der Waals surface area contributed by atoms with Crippen LogP contribution in [0.4, 0.5) is 0 Å². The zero-order valence-corrected chi connectivity index (χ0v) is 12.8. The Morgan fingerprint density at radius 2 is 2.00 bits per heavy atom. The molecule has 0 saturated heterocycles. The van der Waals surface area contributed by atoms with E-state index in [1.807, 2.05) is 6.07 Å². The van der Waals surface area contributed by atoms with E-state index in [0.29, 0.717) is 5.56 Å². The van der Waals surface area contributed by atoms with Gasteiger partial charge in [0.05, 0.1) is 13.5 Å². The molecule has 0 aliphatic rings. The molecule has 0 saturated carbocycles. The first-order valence-corrected chi connectivity index (χ1v) is 6.56. The number of halogens is 1. The van der Waals surface area contributed by atoms with Gasteiger partial charge in [0.1, 0.15) is 0 Å². The number of carbonyl (C=O) groups is 2. The fourth-order valence-corrected chi connectivity index (χ4v) is 1.95. The summed E-state index contributed by atoms with van der Waals surface area (Å²) < 4.78 is 5.42. The largest absolute Gasteiger partial charge is 0.469 e. The predicted molar refractivity (Wildman–Crippen MR) is 75.5 cm³/mol. The van der Waals surface area contributed by atoms with Crippen molar-refractivity contribution in [3.05, 3.63) is 34.3 Å². The van der Waals surface area contributed by atoms with Crippen molar-refractivity contribution >= 4 is 27.8 Å². The van der Waals surface area contributed by atoms with Crippen molar-refractivity contribution in [2.24, 2.45) is 0 Å². The Kier molecular flexibility index (Phi) is 5.98. The van der Waals surface area contributed by atoms with Crippen LogP contribution in [0, 0.1) is 0 Å². The number of esters is 1. The van der Waals surface area contributed by atoms with Crippen LogP contribution in [0.15, 0.2) is 28.7 Å². The zero-order chi connectivity index (χ0) is 14.4. The molecule has 1 rings (SSSR count). The van der Waals surface area contributed by atoms with E-state index in [9.17, 15) is 9.59 Å². The summed E-state index contributed by atoms with van der Waals surface area (Å²) in [7, 11) is 4.85. The Labute approximate surface area is 121 Å². The molecule has 0 spiro atoms. The van der Waals surface area contributed by atoms with Gasteiger partial charge in [-0.05, 0) is 18.2 Å². The predicted octanol–water partition coefficient (Wildman–Crippen LogP) is 1.93. The van der Waals surface area contributed by atoms with Gasteiger partial charge in [0.2, 0.25) is 0 Å². The summed E-state index contributed by atoms with van der Waals surface area (Å²) in [5.41, 5.74) is 0.563. The molecular weight excluding hydrogens is 312 g/mol. The van der Waals surface area contributed by atoms with E-state index in [2.05, 4.69) is 20.7 Å². The molecule has 1 aromatic carbocycles. The maximum atomic E-state index is 12.4. The number of ether oxygens (including phenoxy) is 1. The molecule has 19 heavy (non-hydrogen) atoms. The molecule has 0 atom stereocenters. The third kappa shape index (κ3) is 4.65. The molecule has 6 heteroatoms. The minimum absolute atomic E-state index is 0.157. The first kappa shape index (κ1) is 15.7. The van der Waals surface area contributed by atoms with E-state index in [1.54, 1.807) is 37.3 Å². The highest BCUT2D eigenvalue weighted by molar-refractivity contribution is 9.10. The lowest BCUT2D eigenvalue weighted by molar-refractivity contribution is -0.141. The van der Waals surface area contributed by atoms with Crippen LogP contribution < -0.4 is 0 Å². The highest BCUT2D eigenvalue weighted by Crippen LogP contribution is 2.14. The van der Waals surface area contributed by atoms with Crippen LogP contribution in [0.2, 0.25) is 0 Å². The van der Waals surface area contributed by atoms with Crippen molar-refractivity contribution < 1.29 is 14.3 Å². The fraction of sp³-hybridized carbons (Fsp3) is 0.385. The Morgan fingerprint density at radius 3 is 2.53 bits per heavy atom. The summed E-state index contributed by atoms with van der Waals surface area (Å²) in [5, 5.41) is 3.16. The van der Waals surface area contributed by atoms with E-state index >= 15 is 0 Å². The maximum absolute atomic E-state index is 12.4. The number of methoxy groups -OCH3 is 1. The van der Waals surface area contributed by atoms with Gasteiger partial charge in [-0.1, -0.05) is 22.0 Å². The first-order valence-electron chi connectivity index (χ1n) is 5.77. The number of rotatable bonds is 5. The molecule has 0 heterocycles. The SMILES string of the molecule is COC(=O)CCN(C(=O)c1cccc(Br)c1)N(C)C. The number of benzene rings is 1. The molecular formula is C13H17BrN2O3. The van der Waals surface area contributed by atoms with Crippen LogP contribution in [0.1, 0.15) is 16.8 Å². The summed E-state index contributed by atoms with van der Waals surface area (Å²) in [6.07, 6.45) is 0.161. The van der Waals surface area contributed by atoms with Gasteiger partial charge in [-0.2, -0.15) is 0 Å². The van der Waals surface area contributed by atoms with Gasteiger partial charge in [0.25, 0.3) is 5.91 Å². The van der Waals surface area contributed by atoms with Gasteiger partial charge in [-0.3, -0.25) is 14.6 Å². The Bertz CT molecular complexity index is 463. The summed E-state index contributed by atoms with van der Waals surface area (Å²) in [4.78, 5) is 23.5. The molecule has 5 nitrogen and oxygen atoms in total. The van der Waals surface area contributed by atoms with Crippen molar-refractivity contribution in [1.82, 2.24) is 10.0 Å². The summed E-state index contributed by atoms with van der Waals surface area (Å²) in [5.74, 6) is -0.496. The second kappa shape index (κ2) is 7.25. The third-order valence-electron chi connectivity index (χ3n) is 2.54. The second-order valence-electron chi connectivity index (χ2n) is 4.11. The van der Waals surface area contributed by atoms with Gasteiger partial charge in [0, 0.05) is 30.7 Å². The number of hydrazine groups is 1. The lowest BCUT2D eigenvalue weighted by atomic mass is 10.2. The number of nitrogens with zero attached hydrogens (tertiary/aromatic N) is 2. The molecule has 0 fully saturated rings. The van der Waals surface area contributed by atoms with Crippen molar-refractivity contribution in [3.63, 3.8) is 0 Å². The van der Waals surface area contributed by atoms with Crippen molar-refractivity contribution in [1.29, 1.82) is 0 Å². The summed E-state index contributed by atoms with van der Waals surface area (Å²) in [6, 6.07) is 7.13. The number of amides is 1. The normalized spacial score (nSPS) is 10.4. The molecule has 0 unspecified atom stereocenters. The highest BCUT2D eigenvalue weighted by Gasteiger charge is 2.19. The molecule has 1 aromatic rings. The minimum atomic E-state index is -0.339. The van der Waals surface area contributed by atoms with Gasteiger partial charge in [-0.25, -0.2) is 5.01 Å². The van der Waals surface area contributed by atoms with Crippen LogP contribution in [-0.4, -0.2) is 49.6 Å². The number of hydrogen-bond donors (Lipinski definition) is 0. The summed E-state index contributed by atoms with van der Waals surface area (Å²) >= 11 is 3.33. The molecule has 0 aliphatic heterocycles. The van der Waals surface area contributed by atoms with Gasteiger partial charge in [0.15, 0.2) is 0 Å². The lowest BCUT2D eigenvalue weighted by Gasteiger charge is -2.28. The Morgan fingerprint density at radius 1 is 1.32 bits per heavy atom. The van der Waals surface area contributed by atoms with E-state index in [-0.39, 0.29) is 24.8 Å². The fourth-order valence-electron chi connectivity index (χ4n) is 1.55. The topological polar surface area (TPSA) is 49.9 Å². The van der Waals surface area contributed by atoms with Crippen molar-refractivity contribution in [3.8, 4) is 0 Å². The highest BCUT2D eigenvalue weighted by atomic mass is 79.9. The van der Waals surface area contributed by atoms with Gasteiger partial charge < -0.3 is 4.74 Å². The average molecular weight is 329 g/mol. The quantitative estimate of drug-likeness (QED) is 0.612. The van der Waals surface area contributed by atoms with E-state index in [4.69, 9.17) is 0 Å². The molecule has 1 amide bonds. The van der Waals surface area contributed by atoms with Crippen LogP contribution in [0.3, 0.4) is 0 Å². The number of hydrogen-bond acceptors (Lipinski definition) is 4. The maximum Gasteiger partial charge on any atom is 0.307 e. The summed E-state index contributed by atoms with van der Waals surface area (Å²) in [6.45, 7) is 0.283. The molecule has 104 valence electrons. The van der Waals surface area contributed by atoms with Crippen LogP contribution >= 0.6 is 15.9 Å². The van der Waals surface area contributed by atoms with Crippen LogP contribution in [0.25, 0.3) is 0 Å². The second-order valence-corrected chi connectivity index (χ2v) is 5.03. The minimum Gasteiger partial charge on any atom is -0.469 e. The number of carbonyl (C=O) groups excluding carboxylic acids is 2. The van der Waals surface area contributed by atoms with Gasteiger partial charge >= 0.3 is 5.97 Å². The third-order valence-corrected chi connectivity index (χ3v) is 3.04. The molecule has 0 aromatic heterocycles. The van der Waals surface area contributed by atoms with E-state index < -0.39 is 0 Å². The van der Waals surface area contributed by atoms with Crippen molar-refractivity contribution in [2.75, 3.05) is 27.7 Å². The van der Waals surface area contributed by atoms with Gasteiger partial charge in [-0.15, -0.1) is 0 Å². The average Bonchev–Trinajstić information content (AvgIpc) is 2.38. The van der Waals surface area contributed by atoms with E-state index in [1.165, 1.54) is 12.1 Å². The first-order chi connectivity index (χ1) is 8.95. The molecule has 0 N–H and O–H groups in total. The Hall–Kier alpha value is -1.40. The molecule has 0 aliphatic carbocycles. The van der Waals surface area contributed by atoms with Crippen LogP contribution in [0.5, 0.6) is 0 Å². The molecule has 0 bridgehead atoms. The van der Waals surface area contributed by atoms with Crippen LogP contribution in [-0.2, 0) is 9.53 Å². The monoisotopic (exact) mass is 328 g/mol. The zero-order valence-electron chi connectivity index (χ0n) is 11.2. The lowest BCUT2D eigenvalue weighted by Crippen LogP contribution is -2.43. The smallest absolute Gasteiger partial charge is 0.307 e.